The third kappa shape index (κ3) is 3.58. The summed E-state index contributed by atoms with van der Waals surface area (Å²) in [7, 11) is 0. The molecule has 14 heavy (non-hydrogen) atoms. The topological polar surface area (TPSA) is 0 Å². The lowest BCUT2D eigenvalue weighted by Crippen LogP contribution is -1.99. The Morgan fingerprint density at radius 3 is 2.14 bits per heavy atom. The van der Waals surface area contributed by atoms with Crippen molar-refractivity contribution < 1.29 is 0 Å². The Labute approximate surface area is 95.9 Å². The first kappa shape index (κ1) is 12.0. The van der Waals surface area contributed by atoms with Crippen LogP contribution in [0.4, 0.5) is 0 Å². The molecule has 1 fully saturated rings. The van der Waals surface area contributed by atoms with Gasteiger partial charge in [0.25, 0.3) is 0 Å². The van der Waals surface area contributed by atoms with Crippen LogP contribution in [0.1, 0.15) is 30.4 Å². The van der Waals surface area contributed by atoms with E-state index < -0.39 is 0 Å². The monoisotopic (exact) mass is 226 g/mol. The van der Waals surface area contributed by atoms with E-state index >= 15 is 0 Å². The van der Waals surface area contributed by atoms with Gasteiger partial charge in [0.15, 0.2) is 0 Å². The second-order valence-corrected chi connectivity index (χ2v) is 5.56. The Morgan fingerprint density at radius 2 is 1.57 bits per heavy atom. The molecule has 1 aliphatic heterocycles. The molecule has 0 amide bonds. The Morgan fingerprint density at radius 1 is 1.00 bits per heavy atom. The van der Waals surface area contributed by atoms with Gasteiger partial charge in [-0.05, 0) is 23.5 Å². The second kappa shape index (κ2) is 7.24. The predicted molar refractivity (Wildman–Crippen MR) is 70.1 cm³/mol. The molecule has 2 heteroatoms. The molecule has 0 unspecified atom stereocenters. The van der Waals surface area contributed by atoms with Gasteiger partial charge in [-0.2, -0.15) is 0 Å². The number of benzene rings is 1. The molecule has 0 saturated carbocycles. The smallest absolute Gasteiger partial charge is 0.0751 e. The molecule has 2 rings (SSSR count). The van der Waals surface area contributed by atoms with Crippen molar-refractivity contribution >= 4 is 23.5 Å². The molecular weight excluding hydrogens is 208 g/mol. The largest absolute Gasteiger partial charge is 0.143 e. The SMILES string of the molecule is CC.c1ccc(C2SCCCS2)cc1. The molecule has 0 aromatic heterocycles. The van der Waals surface area contributed by atoms with Crippen molar-refractivity contribution in [1.29, 1.82) is 0 Å². The zero-order valence-electron chi connectivity index (χ0n) is 8.90. The van der Waals surface area contributed by atoms with Gasteiger partial charge in [-0.1, -0.05) is 44.2 Å². The summed E-state index contributed by atoms with van der Waals surface area (Å²) in [5, 5.41) is 0. The van der Waals surface area contributed by atoms with E-state index in [0.29, 0.717) is 4.58 Å². The van der Waals surface area contributed by atoms with Gasteiger partial charge >= 0.3 is 0 Å². The van der Waals surface area contributed by atoms with Crippen LogP contribution in [-0.2, 0) is 0 Å². The van der Waals surface area contributed by atoms with Gasteiger partial charge in [-0.3, -0.25) is 0 Å². The molecule has 0 spiro atoms. The minimum Gasteiger partial charge on any atom is -0.143 e. The van der Waals surface area contributed by atoms with Crippen LogP contribution < -0.4 is 0 Å². The van der Waals surface area contributed by atoms with Gasteiger partial charge < -0.3 is 0 Å². The standard InChI is InChI=1S/C10H12S2.C2H6/c1-2-5-9(6-3-1)10-11-7-4-8-12-10;1-2/h1-3,5-6,10H,4,7-8H2;1-2H3. The molecule has 1 heterocycles. The molecule has 1 aliphatic rings. The van der Waals surface area contributed by atoms with E-state index in [4.69, 9.17) is 0 Å². The van der Waals surface area contributed by atoms with Crippen LogP contribution in [0.15, 0.2) is 30.3 Å². The van der Waals surface area contributed by atoms with Crippen LogP contribution in [0.25, 0.3) is 0 Å². The fraction of sp³-hybridized carbons (Fsp3) is 0.500. The molecule has 0 radical (unpaired) electrons. The lowest BCUT2D eigenvalue weighted by atomic mass is 10.2. The van der Waals surface area contributed by atoms with Gasteiger partial charge in [0.05, 0.1) is 4.58 Å². The highest BCUT2D eigenvalue weighted by Gasteiger charge is 2.15. The van der Waals surface area contributed by atoms with E-state index in [0.717, 1.165) is 0 Å². The van der Waals surface area contributed by atoms with Crippen molar-refractivity contribution in [2.45, 2.75) is 24.9 Å². The van der Waals surface area contributed by atoms with Crippen molar-refractivity contribution in [1.82, 2.24) is 0 Å². The highest BCUT2D eigenvalue weighted by Crippen LogP contribution is 2.43. The van der Waals surface area contributed by atoms with Gasteiger partial charge in [0.2, 0.25) is 0 Å². The first-order chi connectivity index (χ1) is 6.97. The van der Waals surface area contributed by atoms with Crippen molar-refractivity contribution in [3.63, 3.8) is 0 Å². The highest BCUT2D eigenvalue weighted by atomic mass is 32.2. The minimum absolute atomic E-state index is 0.694. The highest BCUT2D eigenvalue weighted by molar-refractivity contribution is 8.16. The fourth-order valence-electron chi connectivity index (χ4n) is 1.29. The summed E-state index contributed by atoms with van der Waals surface area (Å²) in [5.74, 6) is 2.65. The van der Waals surface area contributed by atoms with E-state index in [9.17, 15) is 0 Å². The van der Waals surface area contributed by atoms with E-state index in [-0.39, 0.29) is 0 Å². The maximum atomic E-state index is 2.23. The van der Waals surface area contributed by atoms with E-state index in [1.807, 2.05) is 13.8 Å². The molecule has 78 valence electrons. The Balaban J connectivity index is 0.000000461. The van der Waals surface area contributed by atoms with Gasteiger partial charge in [-0.25, -0.2) is 0 Å². The first-order valence-corrected chi connectivity index (χ1v) is 7.35. The lowest BCUT2D eigenvalue weighted by molar-refractivity contribution is 1.10. The molecule has 1 aromatic carbocycles. The molecule has 1 saturated heterocycles. The normalized spacial score (nSPS) is 17.0. The minimum atomic E-state index is 0.694. The molecule has 0 nitrogen and oxygen atoms in total. The average Bonchev–Trinajstić information content (AvgIpc) is 2.34. The van der Waals surface area contributed by atoms with Crippen LogP contribution in [0.3, 0.4) is 0 Å². The maximum Gasteiger partial charge on any atom is 0.0751 e. The van der Waals surface area contributed by atoms with Crippen molar-refractivity contribution in [2.24, 2.45) is 0 Å². The van der Waals surface area contributed by atoms with Crippen molar-refractivity contribution in [3.8, 4) is 0 Å². The summed E-state index contributed by atoms with van der Waals surface area (Å²) in [6, 6.07) is 10.8. The Bertz CT molecular complexity index is 227. The molecule has 0 bridgehead atoms. The molecular formula is C12H18S2. The summed E-state index contributed by atoms with van der Waals surface area (Å²) in [6.45, 7) is 4.00. The summed E-state index contributed by atoms with van der Waals surface area (Å²) in [5.41, 5.74) is 1.48. The quantitative estimate of drug-likeness (QED) is 0.687. The van der Waals surface area contributed by atoms with Gasteiger partial charge in [0.1, 0.15) is 0 Å². The number of rotatable bonds is 1. The molecule has 1 aromatic rings. The van der Waals surface area contributed by atoms with Crippen molar-refractivity contribution in [2.75, 3.05) is 11.5 Å². The molecule has 0 atom stereocenters. The number of hydrogen-bond acceptors (Lipinski definition) is 2. The van der Waals surface area contributed by atoms with Crippen LogP contribution >= 0.6 is 23.5 Å². The third-order valence-corrected chi connectivity index (χ3v) is 4.91. The molecule has 0 aliphatic carbocycles. The lowest BCUT2D eigenvalue weighted by Gasteiger charge is -2.20. The predicted octanol–water partition coefficient (Wildman–Crippen LogP) is 4.58. The summed E-state index contributed by atoms with van der Waals surface area (Å²) < 4.78 is 0.694. The van der Waals surface area contributed by atoms with Crippen LogP contribution in [0, 0.1) is 0 Å². The first-order valence-electron chi connectivity index (χ1n) is 5.25. The Kier molecular flexibility index (Phi) is 6.20. The zero-order valence-corrected chi connectivity index (χ0v) is 10.5. The van der Waals surface area contributed by atoms with Gasteiger partial charge in [0, 0.05) is 0 Å². The zero-order chi connectivity index (χ0) is 10.2. The van der Waals surface area contributed by atoms with Crippen LogP contribution in [-0.4, -0.2) is 11.5 Å². The van der Waals surface area contributed by atoms with E-state index in [2.05, 4.69) is 53.9 Å². The second-order valence-electron chi connectivity index (χ2n) is 2.84. The number of hydrogen-bond donors (Lipinski definition) is 0. The van der Waals surface area contributed by atoms with Crippen LogP contribution in [0.2, 0.25) is 0 Å². The summed E-state index contributed by atoms with van der Waals surface area (Å²) in [4.78, 5) is 0. The maximum absolute atomic E-state index is 2.23. The summed E-state index contributed by atoms with van der Waals surface area (Å²) in [6.07, 6.45) is 1.37. The average molecular weight is 226 g/mol. The summed E-state index contributed by atoms with van der Waals surface area (Å²) >= 11 is 4.16. The van der Waals surface area contributed by atoms with E-state index in [1.165, 1.54) is 23.5 Å². The third-order valence-electron chi connectivity index (χ3n) is 1.90. The van der Waals surface area contributed by atoms with Gasteiger partial charge in [-0.15, -0.1) is 23.5 Å². The Hall–Kier alpha value is -0.0800. The van der Waals surface area contributed by atoms with Crippen LogP contribution in [0.5, 0.6) is 0 Å². The molecule has 0 N–H and O–H groups in total. The van der Waals surface area contributed by atoms with Crippen molar-refractivity contribution in [3.05, 3.63) is 35.9 Å². The number of thioether (sulfide) groups is 2. The van der Waals surface area contributed by atoms with E-state index in [1.54, 1.807) is 0 Å². The fourth-order valence-corrected chi connectivity index (χ4v) is 4.18.